The Morgan fingerprint density at radius 2 is 1.81 bits per heavy atom. The predicted octanol–water partition coefficient (Wildman–Crippen LogP) is 4.83. The van der Waals surface area contributed by atoms with Gasteiger partial charge in [-0.25, -0.2) is 0 Å². The van der Waals surface area contributed by atoms with Crippen molar-refractivity contribution in [1.29, 1.82) is 0 Å². The van der Waals surface area contributed by atoms with E-state index in [9.17, 15) is 18.3 Å². The summed E-state index contributed by atoms with van der Waals surface area (Å²) < 4.78 is 37.7. The molecular weight excluding hydrogens is 277 g/mol. The first-order valence-electron chi connectivity index (χ1n) is 7.61. The molecule has 1 aliphatic carbocycles. The van der Waals surface area contributed by atoms with Gasteiger partial charge in [0.05, 0.1) is 11.2 Å². The monoisotopic (exact) mass is 300 g/mol. The lowest BCUT2D eigenvalue weighted by Gasteiger charge is -2.42. The Morgan fingerprint density at radius 3 is 2.33 bits per heavy atom. The molecule has 0 heterocycles. The third kappa shape index (κ3) is 3.79. The largest absolute Gasteiger partial charge is 0.416 e. The van der Waals surface area contributed by atoms with Crippen LogP contribution < -0.4 is 0 Å². The van der Waals surface area contributed by atoms with E-state index < -0.39 is 17.3 Å². The van der Waals surface area contributed by atoms with Gasteiger partial charge in [0.2, 0.25) is 0 Å². The minimum atomic E-state index is -4.30. The first kappa shape index (κ1) is 16.3. The molecule has 118 valence electrons. The molecule has 1 N–H and O–H groups in total. The van der Waals surface area contributed by atoms with E-state index in [-0.39, 0.29) is 5.92 Å². The third-order valence-electron chi connectivity index (χ3n) is 4.66. The van der Waals surface area contributed by atoms with Gasteiger partial charge in [-0.15, -0.1) is 0 Å². The van der Waals surface area contributed by atoms with E-state index in [2.05, 4.69) is 13.8 Å². The van der Waals surface area contributed by atoms with Crippen LogP contribution in [0.2, 0.25) is 0 Å². The lowest BCUT2D eigenvalue weighted by Crippen LogP contribution is -2.45. The molecule has 1 fully saturated rings. The summed E-state index contributed by atoms with van der Waals surface area (Å²) in [4.78, 5) is 0. The van der Waals surface area contributed by atoms with Gasteiger partial charge in [0, 0.05) is 6.42 Å². The van der Waals surface area contributed by atoms with Crippen LogP contribution in [0.25, 0.3) is 0 Å². The molecule has 0 aromatic heterocycles. The quantitative estimate of drug-likeness (QED) is 0.848. The highest BCUT2D eigenvalue weighted by Crippen LogP contribution is 2.40. The van der Waals surface area contributed by atoms with Crippen LogP contribution in [0.3, 0.4) is 0 Å². The lowest BCUT2D eigenvalue weighted by molar-refractivity contribution is -0.137. The first-order valence-corrected chi connectivity index (χ1v) is 7.61. The second-order valence-corrected chi connectivity index (χ2v) is 6.57. The highest BCUT2D eigenvalue weighted by atomic mass is 19.4. The van der Waals surface area contributed by atoms with Gasteiger partial charge in [0.1, 0.15) is 0 Å². The van der Waals surface area contributed by atoms with Crippen molar-refractivity contribution >= 4 is 0 Å². The standard InChI is InChI=1S/C17H23F3O/c1-12(2)15-5-3-4-10-16(15,21)11-13-6-8-14(9-7-13)17(18,19)20/h6-9,12,15,21H,3-5,10-11H2,1-2H3. The molecule has 0 aliphatic heterocycles. The number of hydrogen-bond donors (Lipinski definition) is 1. The maximum Gasteiger partial charge on any atom is 0.416 e. The molecule has 21 heavy (non-hydrogen) atoms. The zero-order valence-corrected chi connectivity index (χ0v) is 12.6. The van der Waals surface area contributed by atoms with Gasteiger partial charge in [-0.05, 0) is 42.4 Å². The summed E-state index contributed by atoms with van der Waals surface area (Å²) in [5, 5.41) is 11.0. The van der Waals surface area contributed by atoms with E-state index in [1.165, 1.54) is 12.1 Å². The van der Waals surface area contributed by atoms with Gasteiger partial charge in [-0.1, -0.05) is 38.8 Å². The van der Waals surface area contributed by atoms with Crippen LogP contribution in [0, 0.1) is 11.8 Å². The smallest absolute Gasteiger partial charge is 0.389 e. The number of hydrogen-bond acceptors (Lipinski definition) is 1. The van der Waals surface area contributed by atoms with Crippen LogP contribution in [0.5, 0.6) is 0 Å². The zero-order chi connectivity index (χ0) is 15.7. The summed E-state index contributed by atoms with van der Waals surface area (Å²) in [5.41, 5.74) is -0.646. The maximum atomic E-state index is 12.6. The van der Waals surface area contributed by atoms with E-state index in [4.69, 9.17) is 0 Å². The molecule has 0 bridgehead atoms. The van der Waals surface area contributed by atoms with Gasteiger partial charge < -0.3 is 5.11 Å². The van der Waals surface area contributed by atoms with Crippen molar-refractivity contribution in [1.82, 2.24) is 0 Å². The van der Waals surface area contributed by atoms with Crippen molar-refractivity contribution in [3.63, 3.8) is 0 Å². The van der Waals surface area contributed by atoms with Crippen molar-refractivity contribution in [3.05, 3.63) is 35.4 Å². The minimum absolute atomic E-state index is 0.216. The molecule has 1 aromatic carbocycles. The molecule has 0 amide bonds. The van der Waals surface area contributed by atoms with Crippen LogP contribution >= 0.6 is 0 Å². The van der Waals surface area contributed by atoms with Gasteiger partial charge in [0.25, 0.3) is 0 Å². The second kappa shape index (κ2) is 5.99. The summed E-state index contributed by atoms with van der Waals surface area (Å²) in [6.45, 7) is 4.21. The summed E-state index contributed by atoms with van der Waals surface area (Å²) in [5.74, 6) is 0.596. The van der Waals surface area contributed by atoms with Crippen LogP contribution in [0.15, 0.2) is 24.3 Å². The maximum absolute atomic E-state index is 12.6. The van der Waals surface area contributed by atoms with Crippen LogP contribution in [-0.4, -0.2) is 10.7 Å². The molecule has 0 saturated heterocycles. The summed E-state index contributed by atoms with van der Waals surface area (Å²) in [6, 6.07) is 5.19. The number of aliphatic hydroxyl groups is 1. The number of rotatable bonds is 3. The molecule has 1 saturated carbocycles. The van der Waals surface area contributed by atoms with Crippen molar-refractivity contribution in [2.75, 3.05) is 0 Å². The molecule has 2 atom stereocenters. The SMILES string of the molecule is CC(C)C1CCCCC1(O)Cc1ccc(C(F)(F)F)cc1. The van der Waals surface area contributed by atoms with Crippen LogP contribution in [0.4, 0.5) is 13.2 Å². The fraction of sp³-hybridized carbons (Fsp3) is 0.647. The van der Waals surface area contributed by atoms with Crippen LogP contribution in [-0.2, 0) is 12.6 Å². The summed E-state index contributed by atoms with van der Waals surface area (Å²) in [6.07, 6.45) is -0.0289. The van der Waals surface area contributed by atoms with E-state index in [1.54, 1.807) is 0 Å². The Kier molecular flexibility index (Phi) is 4.66. The topological polar surface area (TPSA) is 20.2 Å². The Hall–Kier alpha value is -1.03. The molecule has 0 radical (unpaired) electrons. The van der Waals surface area contributed by atoms with Gasteiger partial charge in [0.15, 0.2) is 0 Å². The Balaban J connectivity index is 2.15. The van der Waals surface area contributed by atoms with Crippen molar-refractivity contribution in [2.24, 2.45) is 11.8 Å². The number of alkyl halides is 3. The Bertz CT molecular complexity index is 464. The normalized spacial score (nSPS) is 27.1. The van der Waals surface area contributed by atoms with E-state index in [0.717, 1.165) is 43.4 Å². The van der Waals surface area contributed by atoms with Gasteiger partial charge >= 0.3 is 6.18 Å². The fourth-order valence-corrected chi connectivity index (χ4v) is 3.59. The fourth-order valence-electron chi connectivity index (χ4n) is 3.59. The first-order chi connectivity index (χ1) is 9.72. The van der Waals surface area contributed by atoms with Crippen molar-refractivity contribution in [2.45, 2.75) is 57.7 Å². The third-order valence-corrected chi connectivity index (χ3v) is 4.66. The Labute approximate surface area is 124 Å². The lowest BCUT2D eigenvalue weighted by atomic mass is 9.68. The highest BCUT2D eigenvalue weighted by molar-refractivity contribution is 5.26. The molecule has 1 aromatic rings. The minimum Gasteiger partial charge on any atom is -0.389 e. The second-order valence-electron chi connectivity index (χ2n) is 6.57. The molecule has 2 unspecified atom stereocenters. The molecule has 4 heteroatoms. The van der Waals surface area contributed by atoms with E-state index >= 15 is 0 Å². The predicted molar refractivity (Wildman–Crippen MR) is 76.9 cm³/mol. The molecule has 2 rings (SSSR count). The number of halogens is 3. The average Bonchev–Trinajstić information content (AvgIpc) is 2.38. The van der Waals surface area contributed by atoms with Crippen molar-refractivity contribution < 1.29 is 18.3 Å². The summed E-state index contributed by atoms with van der Waals surface area (Å²) >= 11 is 0. The average molecular weight is 300 g/mol. The Morgan fingerprint density at radius 1 is 1.19 bits per heavy atom. The number of benzene rings is 1. The molecule has 1 nitrogen and oxygen atoms in total. The highest BCUT2D eigenvalue weighted by Gasteiger charge is 2.40. The summed E-state index contributed by atoms with van der Waals surface area (Å²) in [7, 11) is 0. The van der Waals surface area contributed by atoms with E-state index in [0.29, 0.717) is 12.3 Å². The molecule has 0 spiro atoms. The zero-order valence-electron chi connectivity index (χ0n) is 12.6. The van der Waals surface area contributed by atoms with E-state index in [1.807, 2.05) is 0 Å². The molecule has 1 aliphatic rings. The molecular formula is C17H23F3O. The van der Waals surface area contributed by atoms with Gasteiger partial charge in [-0.3, -0.25) is 0 Å². The van der Waals surface area contributed by atoms with Crippen molar-refractivity contribution in [3.8, 4) is 0 Å². The van der Waals surface area contributed by atoms with Gasteiger partial charge in [-0.2, -0.15) is 13.2 Å². The van der Waals surface area contributed by atoms with Crippen LogP contribution in [0.1, 0.15) is 50.7 Å².